The standard InChI is InChI=1S/C24H29N3O3/c28-24-25-20-8-3-4-9-21(20)27(24)13-5-12-26(19-6-1-2-7-19)17-18-10-11-22-23(16-18)30-15-14-29-22/h3-4,8-11,16,19H,1-2,5-7,12-15,17H2,(H,25,28). The fourth-order valence-electron chi connectivity index (χ4n) is 4.84. The van der Waals surface area contributed by atoms with Gasteiger partial charge in [0.2, 0.25) is 0 Å². The molecule has 1 saturated carbocycles. The van der Waals surface area contributed by atoms with Crippen LogP contribution in [0.5, 0.6) is 11.5 Å². The van der Waals surface area contributed by atoms with Gasteiger partial charge in [-0.1, -0.05) is 31.0 Å². The van der Waals surface area contributed by atoms with Crippen LogP contribution in [0, 0.1) is 0 Å². The normalized spacial score (nSPS) is 16.6. The van der Waals surface area contributed by atoms with Crippen molar-refractivity contribution >= 4 is 11.0 Å². The minimum absolute atomic E-state index is 0.0181. The molecule has 0 radical (unpaired) electrons. The van der Waals surface area contributed by atoms with E-state index in [2.05, 4.69) is 22.0 Å². The van der Waals surface area contributed by atoms with E-state index < -0.39 is 0 Å². The molecule has 0 amide bonds. The number of benzene rings is 2. The van der Waals surface area contributed by atoms with E-state index in [1.807, 2.05) is 34.9 Å². The fraction of sp³-hybridized carbons (Fsp3) is 0.458. The SMILES string of the molecule is O=c1[nH]c2ccccc2n1CCCN(Cc1ccc2c(c1)OCCO2)C1CCCC1. The maximum atomic E-state index is 12.4. The summed E-state index contributed by atoms with van der Waals surface area (Å²) in [5, 5.41) is 0. The first-order valence-corrected chi connectivity index (χ1v) is 11.1. The lowest BCUT2D eigenvalue weighted by molar-refractivity contribution is 0.168. The molecule has 0 saturated heterocycles. The molecule has 3 aromatic rings. The quantitative estimate of drug-likeness (QED) is 0.645. The Bertz CT molecular complexity index is 1060. The summed E-state index contributed by atoms with van der Waals surface area (Å²) < 4.78 is 13.3. The molecule has 0 unspecified atom stereocenters. The number of aromatic amines is 1. The lowest BCUT2D eigenvalue weighted by Crippen LogP contribution is -2.34. The van der Waals surface area contributed by atoms with Crippen molar-refractivity contribution in [1.82, 2.24) is 14.5 Å². The lowest BCUT2D eigenvalue weighted by Gasteiger charge is -2.29. The van der Waals surface area contributed by atoms with Crippen molar-refractivity contribution in [3.05, 3.63) is 58.5 Å². The maximum Gasteiger partial charge on any atom is 0.326 e. The number of ether oxygens (including phenoxy) is 2. The van der Waals surface area contributed by atoms with Crippen molar-refractivity contribution in [2.45, 2.75) is 51.2 Å². The molecule has 0 spiro atoms. The highest BCUT2D eigenvalue weighted by Crippen LogP contribution is 2.32. The molecule has 2 heterocycles. The molecule has 2 aromatic carbocycles. The van der Waals surface area contributed by atoms with E-state index in [4.69, 9.17) is 9.47 Å². The van der Waals surface area contributed by atoms with Gasteiger partial charge in [0, 0.05) is 25.7 Å². The first-order valence-electron chi connectivity index (χ1n) is 11.1. The van der Waals surface area contributed by atoms with Crippen LogP contribution in [0.4, 0.5) is 0 Å². The number of fused-ring (bicyclic) bond motifs is 2. The topological polar surface area (TPSA) is 59.5 Å². The molecule has 5 rings (SSSR count). The lowest BCUT2D eigenvalue weighted by atomic mass is 10.1. The molecule has 1 aliphatic heterocycles. The number of aromatic nitrogens is 2. The molecule has 1 aliphatic carbocycles. The number of H-pyrrole nitrogens is 1. The number of rotatable bonds is 7. The highest BCUT2D eigenvalue weighted by atomic mass is 16.6. The average Bonchev–Trinajstić information content (AvgIpc) is 3.41. The molecule has 1 aromatic heterocycles. The van der Waals surface area contributed by atoms with Crippen LogP contribution >= 0.6 is 0 Å². The van der Waals surface area contributed by atoms with Gasteiger partial charge >= 0.3 is 5.69 Å². The largest absolute Gasteiger partial charge is 0.486 e. The van der Waals surface area contributed by atoms with Crippen molar-refractivity contribution in [3.63, 3.8) is 0 Å². The van der Waals surface area contributed by atoms with Gasteiger partial charge in [0.25, 0.3) is 0 Å². The summed E-state index contributed by atoms with van der Waals surface area (Å²) >= 11 is 0. The van der Waals surface area contributed by atoms with E-state index in [1.165, 1.54) is 31.2 Å². The molecule has 2 aliphatic rings. The number of nitrogens with one attached hydrogen (secondary N) is 1. The molecule has 6 heteroatoms. The Morgan fingerprint density at radius 1 is 1.03 bits per heavy atom. The van der Waals surface area contributed by atoms with Crippen LogP contribution in [0.3, 0.4) is 0 Å². The van der Waals surface area contributed by atoms with Crippen LogP contribution in [0.15, 0.2) is 47.3 Å². The van der Waals surface area contributed by atoms with Gasteiger partial charge in [-0.2, -0.15) is 0 Å². The Hall–Kier alpha value is -2.73. The third-order valence-corrected chi connectivity index (χ3v) is 6.34. The predicted octanol–water partition coefficient (Wildman–Crippen LogP) is 3.94. The molecule has 1 fully saturated rings. The van der Waals surface area contributed by atoms with Gasteiger partial charge in [-0.3, -0.25) is 9.47 Å². The number of hydrogen-bond donors (Lipinski definition) is 1. The molecule has 6 nitrogen and oxygen atoms in total. The fourth-order valence-corrected chi connectivity index (χ4v) is 4.84. The number of aryl methyl sites for hydroxylation is 1. The molecular formula is C24H29N3O3. The van der Waals surface area contributed by atoms with Crippen molar-refractivity contribution in [2.75, 3.05) is 19.8 Å². The van der Waals surface area contributed by atoms with Gasteiger partial charge in [0.1, 0.15) is 13.2 Å². The highest BCUT2D eigenvalue weighted by molar-refractivity contribution is 5.74. The van der Waals surface area contributed by atoms with Crippen LogP contribution in [0.1, 0.15) is 37.7 Å². The second-order valence-corrected chi connectivity index (χ2v) is 8.34. The smallest absolute Gasteiger partial charge is 0.326 e. The monoisotopic (exact) mass is 407 g/mol. The summed E-state index contributed by atoms with van der Waals surface area (Å²) in [7, 11) is 0. The predicted molar refractivity (Wildman–Crippen MR) is 117 cm³/mol. The minimum Gasteiger partial charge on any atom is -0.486 e. The van der Waals surface area contributed by atoms with E-state index in [0.717, 1.165) is 48.6 Å². The molecule has 1 N–H and O–H groups in total. The molecule has 0 bridgehead atoms. The molecule has 0 atom stereocenters. The molecule has 30 heavy (non-hydrogen) atoms. The third kappa shape index (κ3) is 3.97. The Balaban J connectivity index is 1.28. The van der Waals surface area contributed by atoms with Gasteiger partial charge in [0.15, 0.2) is 11.5 Å². The zero-order chi connectivity index (χ0) is 20.3. The summed E-state index contributed by atoms with van der Waals surface area (Å²) in [6, 6.07) is 14.8. The average molecular weight is 408 g/mol. The van der Waals surface area contributed by atoms with Gasteiger partial charge in [0.05, 0.1) is 11.0 Å². The minimum atomic E-state index is -0.0181. The number of hydrogen-bond acceptors (Lipinski definition) is 4. The Kier molecular flexibility index (Phi) is 5.49. The number of para-hydroxylation sites is 2. The zero-order valence-electron chi connectivity index (χ0n) is 17.3. The van der Waals surface area contributed by atoms with Crippen LogP contribution in [0.2, 0.25) is 0 Å². The van der Waals surface area contributed by atoms with Crippen LogP contribution in [0.25, 0.3) is 11.0 Å². The van der Waals surface area contributed by atoms with E-state index in [9.17, 15) is 4.79 Å². The van der Waals surface area contributed by atoms with Gasteiger partial charge in [-0.15, -0.1) is 0 Å². The summed E-state index contributed by atoms with van der Waals surface area (Å²) in [4.78, 5) is 17.9. The van der Waals surface area contributed by atoms with Gasteiger partial charge < -0.3 is 14.5 Å². The first kappa shape index (κ1) is 19.2. The Morgan fingerprint density at radius 3 is 2.70 bits per heavy atom. The maximum absolute atomic E-state index is 12.4. The summed E-state index contributed by atoms with van der Waals surface area (Å²) in [5.41, 5.74) is 3.14. The highest BCUT2D eigenvalue weighted by Gasteiger charge is 2.23. The third-order valence-electron chi connectivity index (χ3n) is 6.34. The summed E-state index contributed by atoms with van der Waals surface area (Å²) in [5.74, 6) is 1.70. The van der Waals surface area contributed by atoms with E-state index in [1.54, 1.807) is 0 Å². The van der Waals surface area contributed by atoms with Crippen molar-refractivity contribution in [1.29, 1.82) is 0 Å². The van der Waals surface area contributed by atoms with Gasteiger partial charge in [-0.25, -0.2) is 4.79 Å². The van der Waals surface area contributed by atoms with E-state index in [-0.39, 0.29) is 5.69 Å². The van der Waals surface area contributed by atoms with Gasteiger partial charge in [-0.05, 0) is 49.1 Å². The second kappa shape index (κ2) is 8.56. The first-order chi connectivity index (χ1) is 14.8. The Morgan fingerprint density at radius 2 is 1.83 bits per heavy atom. The van der Waals surface area contributed by atoms with Crippen LogP contribution < -0.4 is 15.2 Å². The van der Waals surface area contributed by atoms with Crippen LogP contribution in [-0.4, -0.2) is 40.3 Å². The van der Waals surface area contributed by atoms with E-state index in [0.29, 0.717) is 19.3 Å². The molecular weight excluding hydrogens is 378 g/mol. The number of nitrogens with zero attached hydrogens (tertiary/aromatic N) is 2. The van der Waals surface area contributed by atoms with Crippen molar-refractivity contribution in [3.8, 4) is 11.5 Å². The van der Waals surface area contributed by atoms with Crippen molar-refractivity contribution in [2.24, 2.45) is 0 Å². The van der Waals surface area contributed by atoms with E-state index >= 15 is 0 Å². The number of imidazole rings is 1. The zero-order valence-corrected chi connectivity index (χ0v) is 17.3. The summed E-state index contributed by atoms with van der Waals surface area (Å²) in [6.07, 6.45) is 6.09. The van der Waals surface area contributed by atoms with Crippen molar-refractivity contribution < 1.29 is 9.47 Å². The second-order valence-electron chi connectivity index (χ2n) is 8.34. The molecule has 158 valence electrons. The Labute approximate surface area is 176 Å². The summed E-state index contributed by atoms with van der Waals surface area (Å²) in [6.45, 7) is 3.85. The van der Waals surface area contributed by atoms with Crippen LogP contribution in [-0.2, 0) is 13.1 Å².